The summed E-state index contributed by atoms with van der Waals surface area (Å²) in [5, 5.41) is 8.24. The molecule has 1 unspecified atom stereocenters. The van der Waals surface area contributed by atoms with Crippen molar-refractivity contribution in [2.24, 2.45) is 0 Å². The van der Waals surface area contributed by atoms with Crippen LogP contribution in [0.15, 0.2) is 65.6 Å². The number of carboxylic acid groups (broad SMARTS) is 1. The Bertz CT molecular complexity index is 1700. The largest absolute Gasteiger partial charge is 0.493 e. The number of hydrogen-bond donors (Lipinski definition) is 1. The second kappa shape index (κ2) is 15.3. The van der Waals surface area contributed by atoms with Gasteiger partial charge in [0, 0.05) is 6.54 Å². The van der Waals surface area contributed by atoms with Gasteiger partial charge in [0.1, 0.15) is 17.9 Å². The fraction of sp³-hybridized carbons (Fsp3) is 0.375. The number of aliphatic carboxylic acids is 1. The molecule has 1 aliphatic rings. The number of carbonyl (C=O) groups is 2. The number of rotatable bonds is 13. The normalized spacial score (nSPS) is 16.3. The first-order chi connectivity index (χ1) is 22.2. The molecule has 4 rings (SSSR count). The van der Waals surface area contributed by atoms with Crippen LogP contribution < -0.4 is 14.2 Å². The summed E-state index contributed by atoms with van der Waals surface area (Å²) >= 11 is 5.82. The molecular weight excluding hydrogens is 667 g/mol. The summed E-state index contributed by atoms with van der Waals surface area (Å²) in [7, 11) is -1.45. The third-order valence-corrected chi connectivity index (χ3v) is 9.79. The van der Waals surface area contributed by atoms with E-state index in [1.807, 2.05) is 6.07 Å². The van der Waals surface area contributed by atoms with Gasteiger partial charge < -0.3 is 24.1 Å². The Labute approximate surface area is 275 Å². The number of piperidine rings is 1. The van der Waals surface area contributed by atoms with Crippen molar-refractivity contribution < 1.29 is 55.2 Å². The highest BCUT2D eigenvalue weighted by atomic mass is 35.5. The fourth-order valence-corrected chi connectivity index (χ4v) is 7.27. The molecule has 15 heteroatoms. The van der Waals surface area contributed by atoms with Gasteiger partial charge in [-0.05, 0) is 85.7 Å². The maximum Gasteiger partial charge on any atom is 0.417 e. The SMILES string of the molecule is COc1ccc(CC[C@@H](OC(=O)C2CCCCN2S(=O)(=O)c2ccc(C(F)(F)F)c(Cl)c2)c2cccc(OCC(=O)O)c2)cc1OC. The molecule has 0 amide bonds. The number of carboxylic acids is 1. The van der Waals surface area contributed by atoms with Crippen LogP contribution in [0.25, 0.3) is 0 Å². The molecule has 1 saturated heterocycles. The molecule has 1 aliphatic heterocycles. The molecule has 1 fully saturated rings. The average Bonchev–Trinajstić information content (AvgIpc) is 3.04. The lowest BCUT2D eigenvalue weighted by Crippen LogP contribution is -2.48. The van der Waals surface area contributed by atoms with E-state index >= 15 is 0 Å². The lowest BCUT2D eigenvalue weighted by atomic mass is 10.00. The molecular formula is C32H33ClF3NO9S. The van der Waals surface area contributed by atoms with Crippen LogP contribution in [-0.2, 0) is 36.9 Å². The number of benzene rings is 3. The standard InChI is InChI=1S/C32H33ClF3NO9S/c1-43-28-14-10-20(16-29(28)44-2)9-13-27(21-6-5-7-22(17-21)45-19-30(38)39)46-31(40)26-8-3-4-15-37(26)47(41,42)23-11-12-24(25(33)18-23)32(34,35)36/h5-7,10-12,14,16-18,26-27H,3-4,8-9,13,15,19H2,1-2H3,(H,38,39)/t26?,27-/m1/s1. The van der Waals surface area contributed by atoms with Crippen molar-refractivity contribution in [3.63, 3.8) is 0 Å². The van der Waals surface area contributed by atoms with Crippen LogP contribution in [0.2, 0.25) is 5.02 Å². The minimum Gasteiger partial charge on any atom is -0.493 e. The molecule has 0 aromatic heterocycles. The smallest absolute Gasteiger partial charge is 0.417 e. The monoisotopic (exact) mass is 699 g/mol. The summed E-state index contributed by atoms with van der Waals surface area (Å²) in [6.45, 7) is -0.655. The molecule has 0 bridgehead atoms. The van der Waals surface area contributed by atoms with Gasteiger partial charge in [-0.2, -0.15) is 17.5 Å². The number of ether oxygens (including phenoxy) is 4. The molecule has 0 radical (unpaired) electrons. The van der Waals surface area contributed by atoms with Gasteiger partial charge in [0.2, 0.25) is 10.0 Å². The molecule has 2 atom stereocenters. The molecule has 10 nitrogen and oxygen atoms in total. The Balaban J connectivity index is 1.62. The van der Waals surface area contributed by atoms with Crippen LogP contribution in [0.5, 0.6) is 17.2 Å². The zero-order chi connectivity index (χ0) is 34.4. The molecule has 254 valence electrons. The predicted molar refractivity (Wildman–Crippen MR) is 164 cm³/mol. The van der Waals surface area contributed by atoms with Crippen LogP contribution >= 0.6 is 11.6 Å². The van der Waals surface area contributed by atoms with Gasteiger partial charge in [0.25, 0.3) is 0 Å². The van der Waals surface area contributed by atoms with Gasteiger partial charge in [0.15, 0.2) is 18.1 Å². The zero-order valence-electron chi connectivity index (χ0n) is 25.5. The number of methoxy groups -OCH3 is 2. The number of hydrogen-bond acceptors (Lipinski definition) is 8. The quantitative estimate of drug-likeness (QED) is 0.205. The van der Waals surface area contributed by atoms with Crippen molar-refractivity contribution >= 4 is 33.6 Å². The van der Waals surface area contributed by atoms with Crippen molar-refractivity contribution in [2.45, 2.75) is 55.3 Å². The van der Waals surface area contributed by atoms with Crippen LogP contribution in [0.3, 0.4) is 0 Å². The zero-order valence-corrected chi connectivity index (χ0v) is 27.0. The van der Waals surface area contributed by atoms with E-state index in [-0.39, 0.29) is 25.1 Å². The van der Waals surface area contributed by atoms with E-state index in [2.05, 4.69) is 0 Å². The topological polar surface area (TPSA) is 129 Å². The number of halogens is 4. The number of aryl methyl sites for hydroxylation is 1. The van der Waals surface area contributed by atoms with Gasteiger partial charge in [0.05, 0.1) is 29.7 Å². The third-order valence-electron chi connectivity index (χ3n) is 7.57. The predicted octanol–water partition coefficient (Wildman–Crippen LogP) is 6.30. The summed E-state index contributed by atoms with van der Waals surface area (Å²) in [6, 6.07) is 12.6. The lowest BCUT2D eigenvalue weighted by molar-refractivity contribution is -0.155. The summed E-state index contributed by atoms with van der Waals surface area (Å²) in [6.07, 6.45) is -4.03. The van der Waals surface area contributed by atoms with Crippen molar-refractivity contribution in [1.82, 2.24) is 4.31 Å². The molecule has 0 saturated carbocycles. The Morgan fingerprint density at radius 1 is 1.02 bits per heavy atom. The highest BCUT2D eigenvalue weighted by Gasteiger charge is 2.41. The number of sulfonamides is 1. The highest BCUT2D eigenvalue weighted by molar-refractivity contribution is 7.89. The maximum atomic E-state index is 13.8. The van der Waals surface area contributed by atoms with Gasteiger partial charge in [-0.1, -0.05) is 29.8 Å². The van der Waals surface area contributed by atoms with E-state index in [4.69, 9.17) is 35.7 Å². The molecule has 1 N–H and O–H groups in total. The summed E-state index contributed by atoms with van der Waals surface area (Å²) < 4.78 is 90.0. The lowest BCUT2D eigenvalue weighted by Gasteiger charge is -2.34. The van der Waals surface area contributed by atoms with E-state index in [1.54, 1.807) is 30.3 Å². The van der Waals surface area contributed by atoms with Crippen LogP contribution in [-0.4, -0.2) is 63.2 Å². The fourth-order valence-electron chi connectivity index (χ4n) is 5.25. The summed E-state index contributed by atoms with van der Waals surface area (Å²) in [5.41, 5.74) is 0.115. The first-order valence-corrected chi connectivity index (χ1v) is 16.3. The number of alkyl halides is 3. The second-order valence-electron chi connectivity index (χ2n) is 10.7. The van der Waals surface area contributed by atoms with Gasteiger partial charge in [-0.3, -0.25) is 4.79 Å². The second-order valence-corrected chi connectivity index (χ2v) is 13.0. The molecule has 47 heavy (non-hydrogen) atoms. The van der Waals surface area contributed by atoms with Crippen LogP contribution in [0, 0.1) is 0 Å². The van der Waals surface area contributed by atoms with Crippen molar-refractivity contribution in [3.8, 4) is 17.2 Å². The van der Waals surface area contributed by atoms with E-state index < -0.39 is 62.4 Å². The van der Waals surface area contributed by atoms with Gasteiger partial charge >= 0.3 is 18.1 Å². The number of carbonyl (C=O) groups excluding carboxylic acids is 1. The molecule has 1 heterocycles. The van der Waals surface area contributed by atoms with Crippen molar-refractivity contribution in [2.75, 3.05) is 27.4 Å². The molecule has 0 aliphatic carbocycles. The van der Waals surface area contributed by atoms with Crippen molar-refractivity contribution in [1.29, 1.82) is 0 Å². The molecule has 0 spiro atoms. The van der Waals surface area contributed by atoms with Gasteiger partial charge in [-0.15, -0.1) is 0 Å². The van der Waals surface area contributed by atoms with Crippen LogP contribution in [0.4, 0.5) is 13.2 Å². The number of nitrogens with zero attached hydrogens (tertiary/aromatic N) is 1. The van der Waals surface area contributed by atoms with E-state index in [1.165, 1.54) is 20.3 Å². The summed E-state index contributed by atoms with van der Waals surface area (Å²) in [5.74, 6) is -0.789. The Morgan fingerprint density at radius 3 is 2.43 bits per heavy atom. The maximum absolute atomic E-state index is 13.8. The van der Waals surface area contributed by atoms with E-state index in [9.17, 15) is 31.2 Å². The van der Waals surface area contributed by atoms with E-state index in [0.717, 1.165) is 22.0 Å². The van der Waals surface area contributed by atoms with Crippen LogP contribution in [0.1, 0.15) is 48.5 Å². The number of esters is 1. The van der Waals surface area contributed by atoms with Crippen molar-refractivity contribution in [3.05, 3.63) is 82.4 Å². The highest BCUT2D eigenvalue weighted by Crippen LogP contribution is 2.37. The third kappa shape index (κ3) is 8.87. The Morgan fingerprint density at radius 2 is 1.77 bits per heavy atom. The first kappa shape index (κ1) is 35.8. The average molecular weight is 700 g/mol. The first-order valence-electron chi connectivity index (χ1n) is 14.5. The molecule has 3 aromatic carbocycles. The Kier molecular flexibility index (Phi) is 11.6. The summed E-state index contributed by atoms with van der Waals surface area (Å²) in [4.78, 5) is 24.3. The molecule has 3 aromatic rings. The minimum absolute atomic E-state index is 0.0600. The Hall–Kier alpha value is -4.01. The minimum atomic E-state index is -4.78. The van der Waals surface area contributed by atoms with Gasteiger partial charge in [-0.25, -0.2) is 13.2 Å². The van der Waals surface area contributed by atoms with E-state index in [0.29, 0.717) is 42.4 Å².